The molecule has 0 saturated heterocycles. The molecular formula is C10H18F2O3. The van der Waals surface area contributed by atoms with Gasteiger partial charge < -0.3 is 9.47 Å². The molecule has 0 N–H and O–H groups in total. The van der Waals surface area contributed by atoms with Crippen LogP contribution in [0.4, 0.5) is 13.6 Å². The van der Waals surface area contributed by atoms with Crippen LogP contribution in [0.5, 0.6) is 0 Å². The van der Waals surface area contributed by atoms with Gasteiger partial charge in [-0.1, -0.05) is 0 Å². The number of hydrogen-bond donors (Lipinski definition) is 0. The summed E-state index contributed by atoms with van der Waals surface area (Å²) < 4.78 is 35.7. The molecule has 0 bridgehead atoms. The van der Waals surface area contributed by atoms with Crippen molar-refractivity contribution in [3.05, 3.63) is 0 Å². The lowest BCUT2D eigenvalue weighted by molar-refractivity contribution is -0.0690. The molecule has 3 atom stereocenters. The maximum absolute atomic E-state index is 13.6. The number of rotatable bonds is 4. The highest BCUT2D eigenvalue weighted by molar-refractivity contribution is 5.60. The average molecular weight is 224 g/mol. The predicted molar refractivity (Wildman–Crippen MR) is 52.2 cm³/mol. The van der Waals surface area contributed by atoms with Crippen molar-refractivity contribution in [1.82, 2.24) is 0 Å². The molecule has 0 fully saturated rings. The SMILES string of the molecule is CC(C)OC(=O)OC(C)C(C)(F)C(C)F. The van der Waals surface area contributed by atoms with Crippen molar-refractivity contribution in [2.45, 2.75) is 58.7 Å². The van der Waals surface area contributed by atoms with Gasteiger partial charge in [-0.2, -0.15) is 0 Å². The number of alkyl halides is 2. The van der Waals surface area contributed by atoms with Crippen molar-refractivity contribution >= 4 is 6.16 Å². The first-order chi connectivity index (χ1) is 6.67. The summed E-state index contributed by atoms with van der Waals surface area (Å²) in [6.07, 6.45) is -4.25. The van der Waals surface area contributed by atoms with Crippen LogP contribution in [0.2, 0.25) is 0 Å². The second-order valence-electron chi connectivity index (χ2n) is 3.94. The van der Waals surface area contributed by atoms with Crippen LogP contribution in [-0.2, 0) is 9.47 Å². The van der Waals surface area contributed by atoms with E-state index in [1.807, 2.05) is 0 Å². The zero-order chi connectivity index (χ0) is 12.2. The van der Waals surface area contributed by atoms with Gasteiger partial charge in [0.2, 0.25) is 0 Å². The van der Waals surface area contributed by atoms with Crippen molar-refractivity contribution in [3.63, 3.8) is 0 Å². The van der Waals surface area contributed by atoms with Crippen molar-refractivity contribution < 1.29 is 23.0 Å². The van der Waals surface area contributed by atoms with Crippen molar-refractivity contribution in [3.8, 4) is 0 Å². The van der Waals surface area contributed by atoms with E-state index >= 15 is 0 Å². The Bertz CT molecular complexity index is 215. The first kappa shape index (κ1) is 14.1. The summed E-state index contributed by atoms with van der Waals surface area (Å²) in [6.45, 7) is 6.69. The van der Waals surface area contributed by atoms with E-state index in [9.17, 15) is 13.6 Å². The van der Waals surface area contributed by atoms with E-state index in [1.165, 1.54) is 6.92 Å². The van der Waals surface area contributed by atoms with Gasteiger partial charge in [-0.3, -0.25) is 0 Å². The van der Waals surface area contributed by atoms with Gasteiger partial charge in [-0.25, -0.2) is 13.6 Å². The highest BCUT2D eigenvalue weighted by Gasteiger charge is 2.40. The Morgan fingerprint density at radius 1 is 1.20 bits per heavy atom. The highest BCUT2D eigenvalue weighted by atomic mass is 19.2. The molecular weight excluding hydrogens is 206 g/mol. The van der Waals surface area contributed by atoms with E-state index in [4.69, 9.17) is 0 Å². The zero-order valence-corrected chi connectivity index (χ0v) is 9.71. The molecule has 0 aromatic carbocycles. The Labute approximate surface area is 88.7 Å². The smallest absolute Gasteiger partial charge is 0.432 e. The molecule has 0 heterocycles. The summed E-state index contributed by atoms with van der Waals surface area (Å²) in [5.41, 5.74) is -2.21. The largest absolute Gasteiger partial charge is 0.508 e. The fourth-order valence-corrected chi connectivity index (χ4v) is 0.803. The number of carbonyl (C=O) groups is 1. The Hall–Kier alpha value is -0.870. The molecule has 90 valence electrons. The van der Waals surface area contributed by atoms with Crippen LogP contribution in [0.15, 0.2) is 0 Å². The summed E-state index contributed by atoms with van der Waals surface area (Å²) >= 11 is 0. The van der Waals surface area contributed by atoms with Crippen molar-refractivity contribution in [2.75, 3.05) is 0 Å². The molecule has 0 amide bonds. The molecule has 0 spiro atoms. The van der Waals surface area contributed by atoms with Gasteiger partial charge >= 0.3 is 6.16 Å². The third-order valence-corrected chi connectivity index (χ3v) is 2.18. The zero-order valence-electron chi connectivity index (χ0n) is 9.71. The lowest BCUT2D eigenvalue weighted by Gasteiger charge is -2.28. The van der Waals surface area contributed by atoms with Gasteiger partial charge in [0.05, 0.1) is 6.10 Å². The Kier molecular flexibility index (Phi) is 4.97. The molecule has 3 unspecified atom stereocenters. The second kappa shape index (κ2) is 5.28. The number of halogens is 2. The lowest BCUT2D eigenvalue weighted by atomic mass is 9.98. The highest BCUT2D eigenvalue weighted by Crippen LogP contribution is 2.25. The fourth-order valence-electron chi connectivity index (χ4n) is 0.803. The van der Waals surface area contributed by atoms with E-state index in [0.29, 0.717) is 0 Å². The van der Waals surface area contributed by atoms with Crippen molar-refractivity contribution in [2.24, 2.45) is 0 Å². The second-order valence-corrected chi connectivity index (χ2v) is 3.94. The molecule has 5 heteroatoms. The van der Waals surface area contributed by atoms with Crippen LogP contribution in [-0.4, -0.2) is 30.2 Å². The lowest BCUT2D eigenvalue weighted by Crippen LogP contribution is -2.43. The van der Waals surface area contributed by atoms with Gasteiger partial charge in [-0.05, 0) is 34.6 Å². The summed E-state index contributed by atoms with van der Waals surface area (Å²) in [6, 6.07) is 0. The molecule has 0 rings (SSSR count). The minimum atomic E-state index is -2.21. The molecule has 0 radical (unpaired) electrons. The number of hydrogen-bond acceptors (Lipinski definition) is 3. The van der Waals surface area contributed by atoms with E-state index in [1.54, 1.807) is 13.8 Å². The molecule has 15 heavy (non-hydrogen) atoms. The Balaban J connectivity index is 4.24. The number of carbonyl (C=O) groups excluding carboxylic acids is 1. The van der Waals surface area contributed by atoms with E-state index in [2.05, 4.69) is 9.47 Å². The van der Waals surface area contributed by atoms with Crippen LogP contribution in [0.1, 0.15) is 34.6 Å². The molecule has 0 aliphatic heterocycles. The first-order valence-corrected chi connectivity index (χ1v) is 4.88. The maximum Gasteiger partial charge on any atom is 0.508 e. The molecule has 0 aromatic rings. The van der Waals surface area contributed by atoms with E-state index < -0.39 is 24.1 Å². The standard InChI is InChI=1S/C10H18F2O3/c1-6(2)14-9(13)15-8(4)10(5,12)7(3)11/h6-8H,1-5H3. The van der Waals surface area contributed by atoms with E-state index in [0.717, 1.165) is 13.8 Å². The first-order valence-electron chi connectivity index (χ1n) is 4.88. The van der Waals surface area contributed by atoms with Crippen LogP contribution in [0.25, 0.3) is 0 Å². The fraction of sp³-hybridized carbons (Fsp3) is 0.900. The van der Waals surface area contributed by atoms with Crippen LogP contribution in [0, 0.1) is 0 Å². The summed E-state index contributed by atoms with van der Waals surface area (Å²) in [7, 11) is 0. The van der Waals surface area contributed by atoms with Crippen LogP contribution < -0.4 is 0 Å². The molecule has 0 saturated carbocycles. The van der Waals surface area contributed by atoms with Crippen LogP contribution in [0.3, 0.4) is 0 Å². The van der Waals surface area contributed by atoms with Crippen molar-refractivity contribution in [1.29, 1.82) is 0 Å². The molecule has 3 nitrogen and oxygen atoms in total. The Morgan fingerprint density at radius 2 is 1.67 bits per heavy atom. The topological polar surface area (TPSA) is 35.5 Å². The van der Waals surface area contributed by atoms with Gasteiger partial charge in [-0.15, -0.1) is 0 Å². The van der Waals surface area contributed by atoms with Gasteiger partial charge in [0.1, 0.15) is 12.3 Å². The van der Waals surface area contributed by atoms with Gasteiger partial charge in [0.25, 0.3) is 0 Å². The average Bonchev–Trinajstić information content (AvgIpc) is 2.01. The normalized spacial score (nSPS) is 19.2. The minimum Gasteiger partial charge on any atom is -0.432 e. The monoisotopic (exact) mass is 224 g/mol. The van der Waals surface area contributed by atoms with Gasteiger partial charge in [0, 0.05) is 0 Å². The summed E-state index contributed by atoms with van der Waals surface area (Å²) in [4.78, 5) is 11.0. The quantitative estimate of drug-likeness (QED) is 0.688. The third-order valence-electron chi connectivity index (χ3n) is 2.18. The van der Waals surface area contributed by atoms with Crippen LogP contribution >= 0.6 is 0 Å². The minimum absolute atomic E-state index is 0.349. The molecule has 0 aliphatic rings. The third kappa shape index (κ3) is 4.44. The predicted octanol–water partition coefficient (Wildman–Crippen LogP) is 3.02. The maximum atomic E-state index is 13.6. The van der Waals surface area contributed by atoms with E-state index in [-0.39, 0.29) is 6.10 Å². The summed E-state index contributed by atoms with van der Waals surface area (Å²) in [5, 5.41) is 0. The molecule has 0 aliphatic carbocycles. The van der Waals surface area contributed by atoms with Gasteiger partial charge in [0.15, 0.2) is 5.67 Å². The number of ether oxygens (including phenoxy) is 2. The summed E-state index contributed by atoms with van der Waals surface area (Å²) in [5.74, 6) is 0. The molecule has 0 aromatic heterocycles. The Morgan fingerprint density at radius 3 is 2.00 bits per heavy atom.